The average Bonchev–Trinajstić information content (AvgIpc) is 2.38. The predicted molar refractivity (Wildman–Crippen MR) is 59.2 cm³/mol. The molecule has 104 valence electrons. The summed E-state index contributed by atoms with van der Waals surface area (Å²) in [5, 5.41) is 59.6. The molecule has 4 aliphatic rings. The maximum Gasteiger partial charge on any atom is 0.109 e. The lowest BCUT2D eigenvalue weighted by Gasteiger charge is -2.59. The molecule has 0 amide bonds. The Morgan fingerprint density at radius 1 is 0.444 bits per heavy atom. The third-order valence-electron chi connectivity index (χ3n) is 5.33. The summed E-state index contributed by atoms with van der Waals surface area (Å²) in [6.07, 6.45) is -5.64. The number of rotatable bonds is 0. The normalized spacial score (nSPS) is 63.7. The van der Waals surface area contributed by atoms with Crippen LogP contribution in [-0.4, -0.2) is 67.3 Å². The van der Waals surface area contributed by atoms with Crippen LogP contribution < -0.4 is 0 Å². The highest BCUT2D eigenvalue weighted by Crippen LogP contribution is 2.54. The minimum atomic E-state index is -1.40. The molecule has 6 heteroatoms. The highest BCUT2D eigenvalue weighted by molar-refractivity contribution is 5.11. The molecule has 0 saturated heterocycles. The van der Waals surface area contributed by atoms with Crippen LogP contribution in [0.15, 0.2) is 0 Å². The first-order valence-corrected chi connectivity index (χ1v) is 6.53. The molecule has 2 bridgehead atoms. The van der Waals surface area contributed by atoms with Crippen molar-refractivity contribution in [1.29, 1.82) is 0 Å². The van der Waals surface area contributed by atoms with Gasteiger partial charge in [-0.1, -0.05) is 0 Å². The highest BCUT2D eigenvalue weighted by Gasteiger charge is 2.62. The Balaban J connectivity index is 1.98. The van der Waals surface area contributed by atoms with E-state index in [1.807, 2.05) is 0 Å². The van der Waals surface area contributed by atoms with Crippen LogP contribution in [0.25, 0.3) is 0 Å². The Labute approximate surface area is 105 Å². The fourth-order valence-corrected chi connectivity index (χ4v) is 4.47. The van der Waals surface area contributed by atoms with Crippen molar-refractivity contribution in [3.8, 4) is 0 Å². The van der Waals surface area contributed by atoms with E-state index in [-0.39, 0.29) is 11.8 Å². The Hall–Kier alpha value is -0.240. The molecule has 18 heavy (non-hydrogen) atoms. The molecule has 4 saturated carbocycles. The van der Waals surface area contributed by atoms with Crippen LogP contribution in [0.2, 0.25) is 0 Å². The van der Waals surface area contributed by atoms with Gasteiger partial charge in [0.2, 0.25) is 0 Å². The average molecular weight is 260 g/mol. The van der Waals surface area contributed by atoms with Gasteiger partial charge in [-0.05, 0) is 36.5 Å². The van der Waals surface area contributed by atoms with E-state index in [0.717, 1.165) is 0 Å². The third-order valence-corrected chi connectivity index (χ3v) is 5.33. The van der Waals surface area contributed by atoms with Gasteiger partial charge in [-0.15, -0.1) is 0 Å². The van der Waals surface area contributed by atoms with Crippen LogP contribution in [0, 0.1) is 23.7 Å². The Morgan fingerprint density at radius 2 is 0.778 bits per heavy atom. The van der Waals surface area contributed by atoms with E-state index in [1.165, 1.54) is 0 Å². The molecule has 6 N–H and O–H groups in total. The number of hydrogen-bond acceptors (Lipinski definition) is 6. The number of fused-ring (bicyclic) bond motifs is 2. The third kappa shape index (κ3) is 1.44. The van der Waals surface area contributed by atoms with Crippen LogP contribution in [-0.2, 0) is 0 Å². The quantitative estimate of drug-likeness (QED) is 0.285. The zero-order valence-electron chi connectivity index (χ0n) is 9.87. The second-order valence-electron chi connectivity index (χ2n) is 6.00. The standard InChI is InChI=1S/C12H20O6/c13-7-3-1-2-4(8(7)14)6-5(3)9(15)11(17)12(18)10(6)16/h3-18H,1-2H2/t3?,4?,5?,6?,7-,8+,9-,10+,11+,12-. The molecule has 4 aliphatic carbocycles. The number of aliphatic hydroxyl groups excluding tert-OH is 6. The van der Waals surface area contributed by atoms with Crippen LogP contribution in [0.4, 0.5) is 0 Å². The van der Waals surface area contributed by atoms with E-state index in [2.05, 4.69) is 0 Å². The van der Waals surface area contributed by atoms with E-state index in [1.54, 1.807) is 0 Å². The van der Waals surface area contributed by atoms with Gasteiger partial charge < -0.3 is 30.6 Å². The highest BCUT2D eigenvalue weighted by atomic mass is 16.4. The Kier molecular flexibility index (Phi) is 2.93. The Morgan fingerprint density at radius 3 is 1.11 bits per heavy atom. The molecule has 0 heterocycles. The first-order valence-electron chi connectivity index (χ1n) is 6.53. The zero-order chi connectivity index (χ0) is 13.2. The van der Waals surface area contributed by atoms with Crippen LogP contribution >= 0.6 is 0 Å². The molecule has 4 fully saturated rings. The van der Waals surface area contributed by atoms with Crippen molar-refractivity contribution < 1.29 is 30.6 Å². The lowest BCUT2D eigenvalue weighted by molar-refractivity contribution is -0.264. The van der Waals surface area contributed by atoms with Gasteiger partial charge in [0, 0.05) is 0 Å². The molecule has 6 nitrogen and oxygen atoms in total. The van der Waals surface area contributed by atoms with Crippen molar-refractivity contribution in [2.75, 3.05) is 0 Å². The first kappa shape index (κ1) is 12.8. The fraction of sp³-hybridized carbons (Fsp3) is 1.00. The first-order chi connectivity index (χ1) is 8.45. The SMILES string of the molecule is O[C@@H]1[C@H](O)[C@@H](O)C2C(C3CCC2[C@H](O)[C@@H]3O)[C@H]1O. The van der Waals surface area contributed by atoms with Gasteiger partial charge in [0.25, 0.3) is 0 Å². The molecule has 0 spiro atoms. The maximum atomic E-state index is 10.1. The zero-order valence-corrected chi connectivity index (χ0v) is 9.87. The molecule has 0 aromatic carbocycles. The minimum Gasteiger partial charge on any atom is -0.390 e. The van der Waals surface area contributed by atoms with E-state index in [9.17, 15) is 30.6 Å². The molecule has 10 atom stereocenters. The molecule has 0 aromatic heterocycles. The van der Waals surface area contributed by atoms with Crippen LogP contribution in [0.3, 0.4) is 0 Å². The number of aliphatic hydroxyl groups is 6. The summed E-state index contributed by atoms with van der Waals surface area (Å²) in [6, 6.07) is 0. The summed E-state index contributed by atoms with van der Waals surface area (Å²) >= 11 is 0. The largest absolute Gasteiger partial charge is 0.390 e. The summed E-state index contributed by atoms with van der Waals surface area (Å²) in [7, 11) is 0. The van der Waals surface area contributed by atoms with Gasteiger partial charge >= 0.3 is 0 Å². The maximum absolute atomic E-state index is 10.1. The van der Waals surface area contributed by atoms with E-state index < -0.39 is 48.5 Å². The van der Waals surface area contributed by atoms with E-state index in [0.29, 0.717) is 12.8 Å². The summed E-state index contributed by atoms with van der Waals surface area (Å²) in [5.41, 5.74) is 0. The van der Waals surface area contributed by atoms with Gasteiger partial charge in [0.05, 0.1) is 24.4 Å². The van der Waals surface area contributed by atoms with Crippen molar-refractivity contribution in [1.82, 2.24) is 0 Å². The van der Waals surface area contributed by atoms with Gasteiger partial charge in [0.1, 0.15) is 12.2 Å². The van der Waals surface area contributed by atoms with Gasteiger partial charge in [-0.2, -0.15) is 0 Å². The number of hydrogen-bond donors (Lipinski definition) is 6. The molecule has 4 rings (SSSR count). The molecular weight excluding hydrogens is 240 g/mol. The summed E-state index contributed by atoms with van der Waals surface area (Å²) in [4.78, 5) is 0. The van der Waals surface area contributed by atoms with Crippen LogP contribution in [0.5, 0.6) is 0 Å². The molecule has 0 radical (unpaired) electrons. The second kappa shape index (κ2) is 4.13. The van der Waals surface area contributed by atoms with Crippen molar-refractivity contribution >= 4 is 0 Å². The smallest absolute Gasteiger partial charge is 0.109 e. The topological polar surface area (TPSA) is 121 Å². The molecule has 0 aromatic rings. The van der Waals surface area contributed by atoms with Gasteiger partial charge in [0.15, 0.2) is 0 Å². The summed E-state index contributed by atoms with van der Waals surface area (Å²) < 4.78 is 0. The molecular formula is C12H20O6. The predicted octanol–water partition coefficient (Wildman–Crippen LogP) is -2.56. The van der Waals surface area contributed by atoms with Crippen molar-refractivity contribution in [3.63, 3.8) is 0 Å². The van der Waals surface area contributed by atoms with Crippen LogP contribution in [0.1, 0.15) is 12.8 Å². The summed E-state index contributed by atoms with van der Waals surface area (Å²) in [6.45, 7) is 0. The fourth-order valence-electron chi connectivity index (χ4n) is 4.47. The lowest BCUT2D eigenvalue weighted by atomic mass is 9.50. The van der Waals surface area contributed by atoms with Crippen molar-refractivity contribution in [3.05, 3.63) is 0 Å². The molecule has 4 unspecified atom stereocenters. The van der Waals surface area contributed by atoms with E-state index in [4.69, 9.17) is 0 Å². The lowest BCUT2D eigenvalue weighted by Crippen LogP contribution is -2.69. The Bertz CT molecular complexity index is 301. The summed E-state index contributed by atoms with van der Waals surface area (Å²) in [5.74, 6) is -1.59. The van der Waals surface area contributed by atoms with Crippen molar-refractivity contribution in [2.45, 2.75) is 49.5 Å². The second-order valence-corrected chi connectivity index (χ2v) is 6.00. The molecule has 0 aliphatic heterocycles. The van der Waals surface area contributed by atoms with Crippen molar-refractivity contribution in [2.24, 2.45) is 23.7 Å². The van der Waals surface area contributed by atoms with Gasteiger partial charge in [-0.3, -0.25) is 0 Å². The monoisotopic (exact) mass is 260 g/mol. The minimum absolute atomic E-state index is 0.332. The van der Waals surface area contributed by atoms with Gasteiger partial charge in [-0.25, -0.2) is 0 Å². The van der Waals surface area contributed by atoms with E-state index >= 15 is 0 Å².